The lowest BCUT2D eigenvalue weighted by atomic mass is 10.1. The van der Waals surface area contributed by atoms with E-state index in [2.05, 4.69) is 16.4 Å². The van der Waals surface area contributed by atoms with Crippen molar-refractivity contribution in [1.29, 1.82) is 5.26 Å². The number of halogens is 1. The van der Waals surface area contributed by atoms with Gasteiger partial charge < -0.3 is 10.1 Å². The highest BCUT2D eigenvalue weighted by molar-refractivity contribution is 5.95. The third kappa shape index (κ3) is 3.71. The highest BCUT2D eigenvalue weighted by atomic mass is 19.1. The fourth-order valence-electron chi connectivity index (χ4n) is 2.40. The van der Waals surface area contributed by atoms with Gasteiger partial charge in [-0.3, -0.25) is 4.98 Å². The number of hydrogen-bond donors (Lipinski definition) is 1. The first-order chi connectivity index (χ1) is 10.7. The molecule has 22 heavy (non-hydrogen) atoms. The number of anilines is 1. The Morgan fingerprint density at radius 1 is 1.36 bits per heavy atom. The normalized spacial score (nSPS) is 10.6. The van der Waals surface area contributed by atoms with Gasteiger partial charge in [0.25, 0.3) is 0 Å². The monoisotopic (exact) mass is 301 g/mol. The summed E-state index contributed by atoms with van der Waals surface area (Å²) in [5, 5.41) is 13.2. The van der Waals surface area contributed by atoms with Gasteiger partial charge in [-0.25, -0.2) is 4.39 Å². The number of benzene rings is 1. The number of hydrogen-bond acceptors (Lipinski definition) is 4. The Bertz CT molecular complexity index is 694. The maximum Gasteiger partial charge on any atom is 0.124 e. The molecular weight excluding hydrogens is 281 g/mol. The molecule has 0 amide bonds. The molecular formula is C17H20FN3O. The van der Waals surface area contributed by atoms with Crippen LogP contribution in [-0.4, -0.2) is 24.7 Å². The van der Waals surface area contributed by atoms with Gasteiger partial charge in [-0.2, -0.15) is 5.26 Å². The Hall–Kier alpha value is -2.19. The third-order valence-electron chi connectivity index (χ3n) is 3.47. The number of aryl methyl sites for hydroxylation is 1. The number of aromatic nitrogens is 1. The molecule has 0 radical (unpaired) electrons. The Labute approximate surface area is 129 Å². The van der Waals surface area contributed by atoms with Crippen molar-refractivity contribution in [1.82, 2.24) is 4.98 Å². The van der Waals surface area contributed by atoms with Gasteiger partial charge in [0.05, 0.1) is 16.8 Å². The molecule has 1 N–H and O–H groups in total. The minimum absolute atomic E-state index is 0.318. The van der Waals surface area contributed by atoms with Crippen LogP contribution in [0.25, 0.3) is 10.9 Å². The van der Waals surface area contributed by atoms with Crippen molar-refractivity contribution in [3.8, 4) is 6.07 Å². The van der Waals surface area contributed by atoms with Crippen molar-refractivity contribution < 1.29 is 9.13 Å². The number of nitrogens with one attached hydrogen (secondary N) is 1. The summed E-state index contributed by atoms with van der Waals surface area (Å²) in [6.45, 7) is 5.94. The smallest absolute Gasteiger partial charge is 0.124 e. The topological polar surface area (TPSA) is 57.9 Å². The summed E-state index contributed by atoms with van der Waals surface area (Å²) in [6, 6.07) is 5.00. The Balaban J connectivity index is 2.21. The molecule has 0 aliphatic carbocycles. The number of unbranched alkanes of at least 4 members (excludes halogenated alkanes) is 1. The Morgan fingerprint density at radius 2 is 2.18 bits per heavy atom. The van der Waals surface area contributed by atoms with Crippen LogP contribution < -0.4 is 5.32 Å². The number of fused-ring (bicyclic) bond motifs is 1. The van der Waals surface area contributed by atoms with E-state index in [1.807, 2.05) is 13.8 Å². The molecule has 0 unspecified atom stereocenters. The van der Waals surface area contributed by atoms with Crippen LogP contribution in [0.5, 0.6) is 0 Å². The summed E-state index contributed by atoms with van der Waals surface area (Å²) >= 11 is 0. The second-order valence-corrected chi connectivity index (χ2v) is 5.11. The molecule has 0 aliphatic rings. The van der Waals surface area contributed by atoms with Crippen LogP contribution in [0.15, 0.2) is 18.3 Å². The predicted molar refractivity (Wildman–Crippen MR) is 85.4 cm³/mol. The van der Waals surface area contributed by atoms with E-state index >= 15 is 0 Å². The summed E-state index contributed by atoms with van der Waals surface area (Å²) in [6.07, 6.45) is 3.40. The van der Waals surface area contributed by atoms with Crippen molar-refractivity contribution in [2.24, 2.45) is 0 Å². The van der Waals surface area contributed by atoms with E-state index in [0.717, 1.165) is 37.1 Å². The van der Waals surface area contributed by atoms with Crippen LogP contribution in [-0.2, 0) is 4.74 Å². The molecule has 4 nitrogen and oxygen atoms in total. The zero-order valence-electron chi connectivity index (χ0n) is 12.9. The molecule has 2 rings (SSSR count). The Morgan fingerprint density at radius 3 is 2.91 bits per heavy atom. The first-order valence-corrected chi connectivity index (χ1v) is 7.48. The molecule has 5 heteroatoms. The minimum Gasteiger partial charge on any atom is -0.383 e. The first-order valence-electron chi connectivity index (χ1n) is 7.48. The molecule has 0 bridgehead atoms. The summed E-state index contributed by atoms with van der Waals surface area (Å²) in [7, 11) is 0. The molecule has 1 aromatic carbocycles. The molecule has 0 atom stereocenters. The number of rotatable bonds is 7. The van der Waals surface area contributed by atoms with E-state index in [9.17, 15) is 9.65 Å². The number of nitriles is 1. The maximum absolute atomic E-state index is 13.7. The summed E-state index contributed by atoms with van der Waals surface area (Å²) < 4.78 is 19.0. The van der Waals surface area contributed by atoms with E-state index < -0.39 is 0 Å². The zero-order valence-corrected chi connectivity index (χ0v) is 12.9. The van der Waals surface area contributed by atoms with Crippen molar-refractivity contribution in [3.05, 3.63) is 35.3 Å². The van der Waals surface area contributed by atoms with Crippen LogP contribution in [0, 0.1) is 24.1 Å². The van der Waals surface area contributed by atoms with Gasteiger partial charge in [-0.05, 0) is 44.4 Å². The van der Waals surface area contributed by atoms with E-state index in [0.29, 0.717) is 23.2 Å². The molecule has 0 saturated carbocycles. The molecule has 0 fully saturated rings. The molecule has 116 valence electrons. The summed E-state index contributed by atoms with van der Waals surface area (Å²) in [4.78, 5) is 4.27. The van der Waals surface area contributed by atoms with Gasteiger partial charge in [0.2, 0.25) is 0 Å². The maximum atomic E-state index is 13.7. The van der Waals surface area contributed by atoms with Gasteiger partial charge in [0.15, 0.2) is 0 Å². The zero-order chi connectivity index (χ0) is 15.9. The summed E-state index contributed by atoms with van der Waals surface area (Å²) in [5.41, 5.74) is 2.57. The van der Waals surface area contributed by atoms with Gasteiger partial charge in [-0.1, -0.05) is 0 Å². The van der Waals surface area contributed by atoms with Crippen molar-refractivity contribution in [2.45, 2.75) is 26.7 Å². The van der Waals surface area contributed by atoms with E-state index in [-0.39, 0.29) is 5.82 Å². The van der Waals surface area contributed by atoms with E-state index in [1.165, 1.54) is 18.3 Å². The second kappa shape index (κ2) is 7.71. The predicted octanol–water partition coefficient (Wildman–Crippen LogP) is 3.78. The van der Waals surface area contributed by atoms with Crippen LogP contribution in [0.2, 0.25) is 0 Å². The minimum atomic E-state index is -0.318. The third-order valence-corrected chi connectivity index (χ3v) is 3.47. The van der Waals surface area contributed by atoms with Crippen molar-refractivity contribution in [2.75, 3.05) is 25.1 Å². The van der Waals surface area contributed by atoms with Gasteiger partial charge >= 0.3 is 0 Å². The van der Waals surface area contributed by atoms with Crippen LogP contribution >= 0.6 is 0 Å². The standard InChI is InChI=1S/C17H20FN3O/c1-3-22-7-5-4-6-20-17-13(10-19)11-21-16-12(2)8-14(18)9-15(16)17/h8-9,11H,3-7H2,1-2H3,(H,20,21). The van der Waals surface area contributed by atoms with Crippen LogP contribution in [0.1, 0.15) is 30.9 Å². The average molecular weight is 301 g/mol. The van der Waals surface area contributed by atoms with Gasteiger partial charge in [0, 0.05) is 31.3 Å². The molecule has 1 aromatic heterocycles. The molecule has 0 spiro atoms. The van der Waals surface area contributed by atoms with Gasteiger partial charge in [-0.15, -0.1) is 0 Å². The van der Waals surface area contributed by atoms with Crippen LogP contribution in [0.4, 0.5) is 10.1 Å². The number of pyridine rings is 1. The van der Waals surface area contributed by atoms with Gasteiger partial charge in [0.1, 0.15) is 11.9 Å². The molecule has 1 heterocycles. The first kappa shape index (κ1) is 16.2. The van der Waals surface area contributed by atoms with Crippen molar-refractivity contribution >= 4 is 16.6 Å². The molecule has 2 aromatic rings. The van der Waals surface area contributed by atoms with E-state index in [1.54, 1.807) is 0 Å². The second-order valence-electron chi connectivity index (χ2n) is 5.11. The lowest BCUT2D eigenvalue weighted by Crippen LogP contribution is -2.06. The highest BCUT2D eigenvalue weighted by Crippen LogP contribution is 2.28. The fraction of sp³-hybridized carbons (Fsp3) is 0.412. The summed E-state index contributed by atoms with van der Waals surface area (Å²) in [5.74, 6) is -0.318. The van der Waals surface area contributed by atoms with Crippen molar-refractivity contribution in [3.63, 3.8) is 0 Å². The largest absolute Gasteiger partial charge is 0.383 e. The lowest BCUT2D eigenvalue weighted by Gasteiger charge is -2.12. The Kier molecular flexibility index (Phi) is 5.68. The fourth-order valence-corrected chi connectivity index (χ4v) is 2.40. The lowest BCUT2D eigenvalue weighted by molar-refractivity contribution is 0.144. The molecule has 0 saturated heterocycles. The average Bonchev–Trinajstić information content (AvgIpc) is 2.50. The number of ether oxygens (including phenoxy) is 1. The highest BCUT2D eigenvalue weighted by Gasteiger charge is 2.11. The van der Waals surface area contributed by atoms with E-state index in [4.69, 9.17) is 4.74 Å². The molecule has 0 aliphatic heterocycles. The van der Waals surface area contributed by atoms with Crippen LogP contribution in [0.3, 0.4) is 0 Å². The number of nitrogens with zero attached hydrogens (tertiary/aromatic N) is 2. The quantitative estimate of drug-likeness (QED) is 0.791. The SMILES string of the molecule is CCOCCCCNc1c(C#N)cnc2c(C)cc(F)cc12.